The third-order valence-electron chi connectivity index (χ3n) is 12.3. The van der Waals surface area contributed by atoms with E-state index in [-0.39, 0.29) is 89.1 Å². The Morgan fingerprint density at radius 2 is 0.662 bits per heavy atom. The predicted octanol–water partition coefficient (Wildman–Crippen LogP) is 16.0. The lowest BCUT2D eigenvalue weighted by Gasteiger charge is -2.27. The van der Waals surface area contributed by atoms with Crippen LogP contribution in [0.5, 0.6) is 5.75 Å². The zero-order valence-electron chi connectivity index (χ0n) is 39.7. The molecule has 0 spiro atoms. The van der Waals surface area contributed by atoms with Gasteiger partial charge in [-0.2, -0.15) is 0 Å². The van der Waals surface area contributed by atoms with Crippen LogP contribution in [0, 0.1) is 0 Å². The van der Waals surface area contributed by atoms with Gasteiger partial charge in [0.1, 0.15) is 5.75 Å². The number of benzene rings is 7. The summed E-state index contributed by atoms with van der Waals surface area (Å²) in [6.07, 6.45) is 3.70. The minimum Gasteiger partial charge on any atom is -0.497 e. The van der Waals surface area contributed by atoms with Crippen LogP contribution in [0.3, 0.4) is 0 Å². The average Bonchev–Trinajstić information content (AvgIpc) is 3.39. The van der Waals surface area contributed by atoms with Gasteiger partial charge in [-0.15, -0.1) is 0 Å². The second-order valence-corrected chi connectivity index (χ2v) is 31.2. The van der Waals surface area contributed by atoms with E-state index in [0.717, 1.165) is 5.75 Å². The van der Waals surface area contributed by atoms with Crippen molar-refractivity contribution in [1.29, 1.82) is 0 Å². The number of ether oxygens (including phenoxy) is 1. The number of hydrogen-bond donors (Lipinski definition) is 0. The Bertz CT molecular complexity index is 2570. The van der Waals surface area contributed by atoms with E-state index in [1.165, 1.54) is 47.1 Å². The van der Waals surface area contributed by atoms with Crippen molar-refractivity contribution in [3.8, 4) is 5.75 Å². The molecule has 3 unspecified atom stereocenters. The Morgan fingerprint density at radius 1 is 0.312 bits per heavy atom. The summed E-state index contributed by atoms with van der Waals surface area (Å²) in [5.41, 5.74) is 0. The maximum Gasteiger partial charge on any atom is 0.253 e. The molecule has 77 heavy (non-hydrogen) atoms. The van der Waals surface area contributed by atoms with Crippen LogP contribution in [0.15, 0.2) is 213 Å². The zero-order chi connectivity index (χ0) is 46.8. The van der Waals surface area contributed by atoms with Gasteiger partial charge in [-0.1, -0.05) is 271 Å². The number of rotatable bonds is 12. The van der Waals surface area contributed by atoms with E-state index in [1.54, 1.807) is 34.6 Å². The van der Waals surface area contributed by atoms with Gasteiger partial charge in [0, 0.05) is 40.8 Å². The Kier molecular flexibility index (Phi) is 48.6. The molecule has 10 heteroatoms. The van der Waals surface area contributed by atoms with Crippen LogP contribution in [0.1, 0.15) is 89.1 Å². The molecule has 0 bridgehead atoms. The van der Waals surface area contributed by atoms with Gasteiger partial charge in [0.25, 0.3) is 25.0 Å². The van der Waals surface area contributed by atoms with Crippen molar-refractivity contribution in [3.05, 3.63) is 213 Å². The third kappa shape index (κ3) is 22.4. The topological polar surface area (TPSA) is 59.0 Å². The second kappa shape index (κ2) is 42.5. The number of fused-ring (bicyclic) bond motifs is 1. The van der Waals surface area contributed by atoms with Crippen LogP contribution in [-0.2, 0) is 17.7 Å². The third-order valence-corrected chi connectivity index (χ3v) is 26.1. The summed E-state index contributed by atoms with van der Waals surface area (Å²) in [5.74, 6) is 0.874. The monoisotopic (exact) mass is 1120 g/mol. The maximum atomic E-state index is 6.06. The molecule has 0 aliphatic carbocycles. The zero-order valence-corrected chi connectivity index (χ0v) is 43.7. The SMILES string of the molecule is C.C.C.C.C.C.C.C.C.C.C.C.CO[Si](C)(C)c1ccccc1.CO[Si](C)(c1ccccc1)c1cccc2ccccc12.CO[Si](C)(c1ccccc1)c1cccnc1.COc1cccc([Si](C)(OC)c2ccccc2)c1. The van der Waals surface area contributed by atoms with Gasteiger partial charge in [0.2, 0.25) is 8.32 Å². The van der Waals surface area contributed by atoms with Gasteiger partial charge in [-0.05, 0) is 98.0 Å². The number of nitrogens with zero attached hydrogens (tertiary/aromatic N) is 1. The van der Waals surface area contributed by atoms with Gasteiger partial charge < -0.3 is 22.4 Å². The molecule has 0 saturated heterocycles. The van der Waals surface area contributed by atoms with Gasteiger partial charge in [0.15, 0.2) is 0 Å². The number of pyridine rings is 1. The molecule has 6 nitrogen and oxygen atoms in total. The van der Waals surface area contributed by atoms with Crippen LogP contribution in [0.25, 0.3) is 10.8 Å². The molecule has 432 valence electrons. The van der Waals surface area contributed by atoms with Crippen molar-refractivity contribution in [3.63, 3.8) is 0 Å². The smallest absolute Gasteiger partial charge is 0.253 e. The Hall–Kier alpha value is -5.54. The quantitative estimate of drug-likeness (QED) is 0.114. The summed E-state index contributed by atoms with van der Waals surface area (Å²) in [6, 6.07) is 69.0. The molecule has 8 rings (SSSR count). The van der Waals surface area contributed by atoms with E-state index >= 15 is 0 Å². The molecule has 3 atom stereocenters. The fraction of sp³-hybridized carbons (Fsp3) is 0.328. The lowest BCUT2D eigenvalue weighted by Crippen LogP contribution is -2.57. The molecule has 0 fully saturated rings. The molecular weight excluding hydrogens is 1010 g/mol. The molecule has 0 radical (unpaired) electrons. The van der Waals surface area contributed by atoms with E-state index in [9.17, 15) is 0 Å². The lowest BCUT2D eigenvalue weighted by molar-refractivity contribution is 0.412. The highest BCUT2D eigenvalue weighted by Gasteiger charge is 2.35. The first-order valence-corrected chi connectivity index (χ1v) is 32.0. The Morgan fingerprint density at radius 3 is 1.06 bits per heavy atom. The summed E-state index contributed by atoms with van der Waals surface area (Å²) in [7, 11) is 1.05. The van der Waals surface area contributed by atoms with E-state index in [4.69, 9.17) is 22.4 Å². The van der Waals surface area contributed by atoms with Crippen molar-refractivity contribution in [1.82, 2.24) is 4.98 Å². The summed E-state index contributed by atoms with van der Waals surface area (Å²) >= 11 is 0. The van der Waals surface area contributed by atoms with E-state index in [0.29, 0.717) is 0 Å². The average molecular weight is 1120 g/mol. The number of methoxy groups -OCH3 is 1. The maximum absolute atomic E-state index is 6.06. The normalized spacial score (nSPS) is 11.6. The van der Waals surface area contributed by atoms with Crippen molar-refractivity contribution in [2.45, 2.75) is 122 Å². The highest BCUT2D eigenvalue weighted by molar-refractivity contribution is 6.98. The molecule has 0 aliphatic rings. The molecule has 0 saturated carbocycles. The molecule has 1 heterocycles. The largest absolute Gasteiger partial charge is 0.497 e. The van der Waals surface area contributed by atoms with Crippen LogP contribution in [0.2, 0.25) is 32.7 Å². The van der Waals surface area contributed by atoms with E-state index in [2.05, 4.69) is 202 Å². The van der Waals surface area contributed by atoms with Crippen LogP contribution in [0.4, 0.5) is 0 Å². The first-order chi connectivity index (χ1) is 31.4. The van der Waals surface area contributed by atoms with Crippen molar-refractivity contribution in [2.75, 3.05) is 35.5 Å². The van der Waals surface area contributed by atoms with Crippen molar-refractivity contribution >= 4 is 80.3 Å². The fourth-order valence-corrected chi connectivity index (χ4v) is 16.4. The highest BCUT2D eigenvalue weighted by atomic mass is 28.4. The highest BCUT2D eigenvalue weighted by Crippen LogP contribution is 2.17. The van der Waals surface area contributed by atoms with E-state index < -0.39 is 33.3 Å². The van der Waals surface area contributed by atoms with Gasteiger partial charge in [0.05, 0.1) is 7.11 Å². The summed E-state index contributed by atoms with van der Waals surface area (Å²) in [5, 5.41) is 11.5. The van der Waals surface area contributed by atoms with Gasteiger partial charge in [-0.25, -0.2) is 0 Å². The van der Waals surface area contributed by atoms with Crippen molar-refractivity contribution < 1.29 is 22.4 Å². The van der Waals surface area contributed by atoms with Gasteiger partial charge in [-0.3, -0.25) is 4.98 Å². The molecule has 0 N–H and O–H groups in total. The summed E-state index contributed by atoms with van der Waals surface area (Å²) < 4.78 is 28.5. The molecule has 0 amide bonds. The fourth-order valence-electron chi connectivity index (χ4n) is 7.62. The molecule has 0 aliphatic heterocycles. The minimum atomic E-state index is -2.14. The molecule has 1 aromatic heterocycles. The van der Waals surface area contributed by atoms with Gasteiger partial charge >= 0.3 is 0 Å². The predicted molar refractivity (Wildman–Crippen MR) is 366 cm³/mol. The Labute approximate surface area is 480 Å². The number of aromatic nitrogens is 1. The standard InChI is InChI=1S/C18H18OSi.C15H18O2Si.C13H15NOSi.C9H14OSi.12CH4/c1-19-20(2,16-11-4-3-5-12-16)18-14-8-10-15-9-6-7-13-17(15)18;1-16-13-8-7-11-15(12-13)18(3,17-2)14-9-5-4-6-10-14;1-15-16(2,12-7-4-3-5-8-12)13-9-6-10-14-11-13;1-10-11(2,3)9-7-5-4-6-8-9;;;;;;;;;;;;/h3-14H,1-2H3;4-12H,1-3H3;3-11H,1-2H3;4-8H,1-3H3;12*1H4. The molecule has 7 aromatic carbocycles. The Balaban J connectivity index is -0.000000133. The lowest BCUT2D eigenvalue weighted by atomic mass is 10.1. The second-order valence-electron chi connectivity index (χ2n) is 16.4. The van der Waals surface area contributed by atoms with Crippen LogP contribution in [-0.4, -0.2) is 73.8 Å². The summed E-state index contributed by atoms with van der Waals surface area (Å²) in [6.45, 7) is 11.1. The first-order valence-electron chi connectivity index (χ1n) is 21.9. The van der Waals surface area contributed by atoms with Crippen LogP contribution < -0.4 is 41.0 Å². The summed E-state index contributed by atoms with van der Waals surface area (Å²) in [4.78, 5) is 4.18. The number of hydrogen-bond acceptors (Lipinski definition) is 6. The first kappa shape index (κ1) is 88.1. The molecule has 8 aromatic rings. The minimum absolute atomic E-state index is 0. The van der Waals surface area contributed by atoms with Crippen LogP contribution >= 0.6 is 0 Å². The molecular formula is C67H113NO5Si4. The van der Waals surface area contributed by atoms with E-state index in [1.807, 2.05) is 49.7 Å². The van der Waals surface area contributed by atoms with Crippen molar-refractivity contribution in [2.24, 2.45) is 0 Å².